The standard InChI is InChI=1S/C23H17N5OS/c1-15(25-19-13-7-8-14-24-19)20-21(16-9-3-2-4-10-16)27-28(22(20)29)23-26-17-11-5-6-12-18(17)30-23/h2-14,27H,1H3. The normalized spacial score (nSPS) is 11.8. The lowest BCUT2D eigenvalue weighted by atomic mass is 10.1. The molecule has 5 rings (SSSR count). The number of para-hydroxylation sites is 1. The van der Waals surface area contributed by atoms with E-state index in [4.69, 9.17) is 0 Å². The fraction of sp³-hybridized carbons (Fsp3) is 0.0435. The van der Waals surface area contributed by atoms with Crippen molar-refractivity contribution < 1.29 is 0 Å². The van der Waals surface area contributed by atoms with E-state index in [2.05, 4.69) is 20.1 Å². The molecule has 6 nitrogen and oxygen atoms in total. The first kappa shape index (κ1) is 18.2. The van der Waals surface area contributed by atoms with Crippen LogP contribution in [0.5, 0.6) is 0 Å². The van der Waals surface area contributed by atoms with E-state index in [1.54, 1.807) is 6.20 Å². The van der Waals surface area contributed by atoms with E-state index >= 15 is 0 Å². The van der Waals surface area contributed by atoms with Gasteiger partial charge in [-0.05, 0) is 31.2 Å². The number of nitrogens with one attached hydrogen (secondary N) is 1. The molecule has 0 saturated carbocycles. The number of hydrogen-bond donors (Lipinski definition) is 1. The second-order valence-corrected chi connectivity index (χ2v) is 7.73. The summed E-state index contributed by atoms with van der Waals surface area (Å²) in [6, 6.07) is 23.1. The van der Waals surface area contributed by atoms with Gasteiger partial charge in [-0.1, -0.05) is 59.9 Å². The number of aromatic amines is 1. The van der Waals surface area contributed by atoms with Crippen molar-refractivity contribution in [3.63, 3.8) is 0 Å². The molecule has 146 valence electrons. The van der Waals surface area contributed by atoms with Crippen molar-refractivity contribution in [2.45, 2.75) is 6.92 Å². The van der Waals surface area contributed by atoms with Gasteiger partial charge in [0.05, 0.1) is 27.2 Å². The van der Waals surface area contributed by atoms with Gasteiger partial charge in [-0.3, -0.25) is 9.89 Å². The van der Waals surface area contributed by atoms with Gasteiger partial charge in [-0.25, -0.2) is 15.0 Å². The lowest BCUT2D eigenvalue weighted by molar-refractivity contribution is 0.845. The van der Waals surface area contributed by atoms with Gasteiger partial charge in [0.1, 0.15) is 0 Å². The highest BCUT2D eigenvalue weighted by atomic mass is 32.1. The Bertz CT molecular complexity index is 1380. The van der Waals surface area contributed by atoms with Crippen LogP contribution in [-0.2, 0) is 0 Å². The minimum atomic E-state index is -0.190. The van der Waals surface area contributed by atoms with E-state index in [0.717, 1.165) is 15.8 Å². The predicted molar refractivity (Wildman–Crippen MR) is 121 cm³/mol. The number of benzene rings is 2. The van der Waals surface area contributed by atoms with E-state index < -0.39 is 0 Å². The largest absolute Gasteiger partial charge is 0.288 e. The van der Waals surface area contributed by atoms with Crippen LogP contribution < -0.4 is 5.56 Å². The Hall–Kier alpha value is -3.84. The second-order valence-electron chi connectivity index (χ2n) is 6.72. The molecule has 0 fully saturated rings. The van der Waals surface area contributed by atoms with Crippen LogP contribution >= 0.6 is 11.3 Å². The molecule has 0 aliphatic rings. The Morgan fingerprint density at radius 3 is 2.53 bits per heavy atom. The average Bonchev–Trinajstić information content (AvgIpc) is 3.36. The van der Waals surface area contributed by atoms with Crippen LogP contribution in [0.15, 0.2) is 88.8 Å². The van der Waals surface area contributed by atoms with Gasteiger partial charge < -0.3 is 0 Å². The third-order valence-electron chi connectivity index (χ3n) is 4.72. The number of hydrogen-bond acceptors (Lipinski definition) is 5. The first-order valence-corrected chi connectivity index (χ1v) is 10.3. The molecule has 2 aromatic carbocycles. The molecule has 0 atom stereocenters. The van der Waals surface area contributed by atoms with Gasteiger partial charge in [0, 0.05) is 11.8 Å². The second kappa shape index (κ2) is 7.53. The highest BCUT2D eigenvalue weighted by Gasteiger charge is 2.21. The Morgan fingerprint density at radius 1 is 1.00 bits per heavy atom. The first-order chi connectivity index (χ1) is 14.7. The first-order valence-electron chi connectivity index (χ1n) is 9.44. The van der Waals surface area contributed by atoms with Gasteiger partial charge in [0.2, 0.25) is 5.13 Å². The number of rotatable bonds is 4. The van der Waals surface area contributed by atoms with Crippen LogP contribution in [0.25, 0.3) is 26.6 Å². The molecule has 30 heavy (non-hydrogen) atoms. The van der Waals surface area contributed by atoms with Crippen LogP contribution in [0.2, 0.25) is 0 Å². The molecule has 7 heteroatoms. The SMILES string of the molecule is CC(=Nc1ccccn1)c1c(-c2ccccc2)[nH]n(-c2nc3ccccc3s2)c1=O. The molecule has 0 aliphatic heterocycles. The summed E-state index contributed by atoms with van der Waals surface area (Å²) in [6.45, 7) is 1.83. The Morgan fingerprint density at radius 2 is 1.77 bits per heavy atom. The molecule has 0 saturated heterocycles. The summed E-state index contributed by atoms with van der Waals surface area (Å²) < 4.78 is 2.52. The Balaban J connectivity index is 1.72. The van der Waals surface area contributed by atoms with Gasteiger partial charge in [-0.15, -0.1) is 0 Å². The molecule has 5 aromatic rings. The third kappa shape index (κ3) is 3.25. The zero-order valence-corrected chi connectivity index (χ0v) is 16.9. The lowest BCUT2D eigenvalue weighted by Crippen LogP contribution is -2.19. The molecule has 0 radical (unpaired) electrons. The van der Waals surface area contributed by atoms with Crippen molar-refractivity contribution >= 4 is 33.1 Å². The molecule has 0 amide bonds. The topological polar surface area (TPSA) is 75.9 Å². The smallest absolute Gasteiger partial charge is 0.283 e. The summed E-state index contributed by atoms with van der Waals surface area (Å²) in [6.07, 6.45) is 1.68. The van der Waals surface area contributed by atoms with Crippen molar-refractivity contribution in [1.29, 1.82) is 0 Å². The quantitative estimate of drug-likeness (QED) is 0.424. The van der Waals surface area contributed by atoms with E-state index in [-0.39, 0.29) is 5.56 Å². The van der Waals surface area contributed by atoms with E-state index in [1.807, 2.05) is 79.7 Å². The number of pyridine rings is 1. The molecule has 0 spiro atoms. The van der Waals surface area contributed by atoms with E-state index in [1.165, 1.54) is 16.0 Å². The maximum Gasteiger partial charge on any atom is 0.283 e. The summed E-state index contributed by atoms with van der Waals surface area (Å²) >= 11 is 1.47. The minimum Gasteiger partial charge on any atom is -0.288 e. The molecule has 1 N–H and O–H groups in total. The summed E-state index contributed by atoms with van der Waals surface area (Å²) in [7, 11) is 0. The third-order valence-corrected chi connectivity index (χ3v) is 5.74. The Kier molecular flexibility index (Phi) is 4.57. The molecule has 0 unspecified atom stereocenters. The molecule has 0 bridgehead atoms. The van der Waals surface area contributed by atoms with Crippen LogP contribution in [-0.4, -0.2) is 25.5 Å². The number of aromatic nitrogens is 4. The molecular weight excluding hydrogens is 394 g/mol. The number of thiazole rings is 1. The van der Waals surface area contributed by atoms with Crippen LogP contribution in [0.4, 0.5) is 5.82 Å². The molecule has 3 aromatic heterocycles. The lowest BCUT2D eigenvalue weighted by Gasteiger charge is -2.02. The van der Waals surface area contributed by atoms with Crippen molar-refractivity contribution in [3.8, 4) is 16.4 Å². The van der Waals surface area contributed by atoms with Gasteiger partial charge >= 0.3 is 0 Å². The van der Waals surface area contributed by atoms with Crippen molar-refractivity contribution in [3.05, 3.63) is 94.9 Å². The monoisotopic (exact) mass is 411 g/mol. The maximum absolute atomic E-state index is 13.5. The minimum absolute atomic E-state index is 0.190. The van der Waals surface area contributed by atoms with Crippen molar-refractivity contribution in [1.82, 2.24) is 19.7 Å². The number of aliphatic imine (C=N–C) groups is 1. The predicted octanol–water partition coefficient (Wildman–Crippen LogP) is 4.98. The summed E-state index contributed by atoms with van der Waals surface area (Å²) in [5, 5.41) is 3.85. The fourth-order valence-corrected chi connectivity index (χ4v) is 4.25. The van der Waals surface area contributed by atoms with Gasteiger partial charge in [0.15, 0.2) is 5.82 Å². The molecule has 0 aliphatic carbocycles. The summed E-state index contributed by atoms with van der Waals surface area (Å²) in [5.41, 5.74) is 3.38. The Labute approximate surface area is 176 Å². The molecular formula is C23H17N5OS. The number of fused-ring (bicyclic) bond motifs is 1. The number of H-pyrrole nitrogens is 1. The molecule has 3 heterocycles. The zero-order valence-electron chi connectivity index (χ0n) is 16.1. The van der Waals surface area contributed by atoms with E-state index in [9.17, 15) is 4.79 Å². The fourth-order valence-electron chi connectivity index (χ4n) is 3.32. The van der Waals surface area contributed by atoms with Gasteiger partial charge in [0.25, 0.3) is 5.56 Å². The van der Waals surface area contributed by atoms with Crippen LogP contribution in [0.3, 0.4) is 0 Å². The average molecular weight is 411 g/mol. The highest BCUT2D eigenvalue weighted by molar-refractivity contribution is 7.20. The van der Waals surface area contributed by atoms with Crippen LogP contribution in [0, 0.1) is 0 Å². The number of nitrogens with zero attached hydrogens (tertiary/aromatic N) is 4. The van der Waals surface area contributed by atoms with Gasteiger partial charge in [-0.2, -0.15) is 4.68 Å². The van der Waals surface area contributed by atoms with E-state index in [0.29, 0.717) is 27.9 Å². The van der Waals surface area contributed by atoms with Crippen molar-refractivity contribution in [2.24, 2.45) is 4.99 Å². The van der Waals surface area contributed by atoms with Crippen molar-refractivity contribution in [2.75, 3.05) is 0 Å². The summed E-state index contributed by atoms with van der Waals surface area (Å²) in [4.78, 5) is 26.9. The maximum atomic E-state index is 13.5. The zero-order chi connectivity index (χ0) is 20.5. The summed E-state index contributed by atoms with van der Waals surface area (Å²) in [5.74, 6) is 0.557. The van der Waals surface area contributed by atoms with Crippen LogP contribution in [0.1, 0.15) is 12.5 Å². The highest BCUT2D eigenvalue weighted by Crippen LogP contribution is 2.26.